The molecule has 4 N–H and O–H groups in total. The van der Waals surface area contributed by atoms with Crippen molar-refractivity contribution in [3.63, 3.8) is 0 Å². The Morgan fingerprint density at radius 1 is 1.07 bits per heavy atom. The highest BCUT2D eigenvalue weighted by Crippen LogP contribution is 2.20. The highest BCUT2D eigenvalue weighted by atomic mass is 16.5. The van der Waals surface area contributed by atoms with Crippen molar-refractivity contribution in [2.75, 3.05) is 18.5 Å². The normalized spacial score (nSPS) is 10.2. The molecule has 0 aliphatic heterocycles. The molecule has 0 saturated carbocycles. The monoisotopic (exact) mass is 387 g/mol. The molecule has 2 aromatic rings. The lowest BCUT2D eigenvalue weighted by Crippen LogP contribution is -2.23. The Hall–Kier alpha value is -3.62. The quantitative estimate of drug-likeness (QED) is 0.618. The number of benzene rings is 1. The molecule has 28 heavy (non-hydrogen) atoms. The van der Waals surface area contributed by atoms with Crippen LogP contribution in [0.15, 0.2) is 24.3 Å². The van der Waals surface area contributed by atoms with Gasteiger partial charge >= 0.3 is 11.9 Å². The third kappa shape index (κ3) is 4.56. The van der Waals surface area contributed by atoms with Gasteiger partial charge in [0.2, 0.25) is 0 Å². The molecule has 0 unspecified atom stereocenters. The van der Waals surface area contributed by atoms with Crippen molar-refractivity contribution in [2.45, 2.75) is 20.8 Å². The zero-order chi connectivity index (χ0) is 20.8. The number of nitrogens with one attached hydrogen (secondary N) is 2. The number of para-hydroxylation sites is 1. The van der Waals surface area contributed by atoms with Gasteiger partial charge in [0, 0.05) is 5.69 Å². The van der Waals surface area contributed by atoms with E-state index in [1.807, 2.05) is 0 Å². The van der Waals surface area contributed by atoms with Crippen LogP contribution in [0, 0.1) is 13.8 Å². The average molecular weight is 387 g/mol. The molecule has 1 aromatic heterocycles. The summed E-state index contributed by atoms with van der Waals surface area (Å²) in [6.45, 7) is 4.51. The van der Waals surface area contributed by atoms with Gasteiger partial charge in [-0.05, 0) is 38.5 Å². The summed E-state index contributed by atoms with van der Waals surface area (Å²) >= 11 is 0. The molecule has 1 aromatic carbocycles. The minimum atomic E-state index is -0.797. The highest BCUT2D eigenvalue weighted by Gasteiger charge is 2.24. The lowest BCUT2D eigenvalue weighted by Gasteiger charge is -2.09. The third-order valence-electron chi connectivity index (χ3n) is 3.92. The van der Waals surface area contributed by atoms with E-state index < -0.39 is 30.4 Å². The van der Waals surface area contributed by atoms with Crippen LogP contribution in [-0.2, 0) is 14.3 Å². The summed E-state index contributed by atoms with van der Waals surface area (Å²) < 4.78 is 9.97. The van der Waals surface area contributed by atoms with Crippen LogP contribution in [0.2, 0.25) is 0 Å². The van der Waals surface area contributed by atoms with Crippen molar-refractivity contribution in [3.05, 3.63) is 52.3 Å². The maximum absolute atomic E-state index is 12.3. The zero-order valence-electron chi connectivity index (χ0n) is 15.8. The number of anilines is 1. The van der Waals surface area contributed by atoms with Crippen molar-refractivity contribution in [2.24, 2.45) is 5.73 Å². The van der Waals surface area contributed by atoms with E-state index in [-0.39, 0.29) is 29.1 Å². The Balaban J connectivity index is 2.05. The van der Waals surface area contributed by atoms with E-state index in [1.165, 1.54) is 12.1 Å². The van der Waals surface area contributed by atoms with E-state index in [1.54, 1.807) is 32.9 Å². The summed E-state index contributed by atoms with van der Waals surface area (Å²) in [5.41, 5.74) is 6.76. The highest BCUT2D eigenvalue weighted by molar-refractivity contribution is 6.04. The number of rotatable bonds is 7. The fourth-order valence-corrected chi connectivity index (χ4v) is 2.66. The number of nitrogens with two attached hydrogens (primary N) is 1. The summed E-state index contributed by atoms with van der Waals surface area (Å²) in [5, 5.41) is 2.46. The molecule has 9 nitrogen and oxygen atoms in total. The standard InChI is InChI=1S/C19H21N3O6/c1-4-27-18(25)15-10(2)16(21-11(15)3)19(26)28-9-14(23)22-13-8-6-5-7-12(13)17(20)24/h5-8,21H,4,9H2,1-3H3,(H2,20,24)(H,22,23). The molecular formula is C19H21N3O6. The van der Waals surface area contributed by atoms with Crippen molar-refractivity contribution in [1.82, 2.24) is 4.98 Å². The molecular weight excluding hydrogens is 366 g/mol. The minimum absolute atomic E-state index is 0.0610. The van der Waals surface area contributed by atoms with E-state index in [2.05, 4.69) is 10.3 Å². The molecule has 0 radical (unpaired) electrons. The van der Waals surface area contributed by atoms with Crippen LogP contribution in [-0.4, -0.2) is 42.0 Å². The number of amides is 2. The summed E-state index contributed by atoms with van der Waals surface area (Å²) in [7, 11) is 0. The first-order valence-corrected chi connectivity index (χ1v) is 8.48. The minimum Gasteiger partial charge on any atom is -0.462 e. The van der Waals surface area contributed by atoms with Gasteiger partial charge in [0.1, 0.15) is 5.69 Å². The summed E-state index contributed by atoms with van der Waals surface area (Å²) in [4.78, 5) is 50.5. The zero-order valence-corrected chi connectivity index (χ0v) is 15.8. The van der Waals surface area contributed by atoms with Crippen molar-refractivity contribution in [3.8, 4) is 0 Å². The van der Waals surface area contributed by atoms with E-state index in [0.717, 1.165) is 0 Å². The van der Waals surface area contributed by atoms with Crippen molar-refractivity contribution >= 4 is 29.4 Å². The second-order valence-electron chi connectivity index (χ2n) is 5.88. The largest absolute Gasteiger partial charge is 0.462 e. The molecule has 9 heteroatoms. The van der Waals surface area contributed by atoms with Gasteiger partial charge in [-0.3, -0.25) is 9.59 Å². The number of aryl methyl sites for hydroxylation is 1. The Morgan fingerprint density at radius 3 is 2.39 bits per heavy atom. The SMILES string of the molecule is CCOC(=O)c1c(C)[nH]c(C(=O)OCC(=O)Nc2ccccc2C(N)=O)c1C. The van der Waals surface area contributed by atoms with Crippen LogP contribution in [0.3, 0.4) is 0 Å². The van der Waals surface area contributed by atoms with E-state index in [9.17, 15) is 19.2 Å². The van der Waals surface area contributed by atoms with Crippen LogP contribution < -0.4 is 11.1 Å². The molecule has 0 aliphatic rings. The first kappa shape index (κ1) is 20.7. The number of H-pyrrole nitrogens is 1. The van der Waals surface area contributed by atoms with Crippen molar-refractivity contribution in [1.29, 1.82) is 0 Å². The topological polar surface area (TPSA) is 141 Å². The van der Waals surface area contributed by atoms with Gasteiger partial charge in [-0.1, -0.05) is 12.1 Å². The summed E-state index contributed by atoms with van der Waals surface area (Å²) in [5.74, 6) is -2.69. The van der Waals surface area contributed by atoms with Gasteiger partial charge in [0.05, 0.1) is 23.4 Å². The van der Waals surface area contributed by atoms with Gasteiger partial charge in [0.15, 0.2) is 6.61 Å². The fraction of sp³-hybridized carbons (Fsp3) is 0.263. The van der Waals surface area contributed by atoms with Crippen LogP contribution in [0.5, 0.6) is 0 Å². The number of hydrogen-bond donors (Lipinski definition) is 3. The smallest absolute Gasteiger partial charge is 0.355 e. The second-order valence-corrected chi connectivity index (χ2v) is 5.88. The van der Waals surface area contributed by atoms with Crippen LogP contribution in [0.1, 0.15) is 49.4 Å². The molecule has 0 aliphatic carbocycles. The molecule has 0 spiro atoms. The Kier molecular flexibility index (Phi) is 6.54. The predicted molar refractivity (Wildman–Crippen MR) is 100 cm³/mol. The Morgan fingerprint density at radius 2 is 1.75 bits per heavy atom. The van der Waals surface area contributed by atoms with Crippen LogP contribution in [0.4, 0.5) is 5.69 Å². The van der Waals surface area contributed by atoms with E-state index in [4.69, 9.17) is 15.2 Å². The number of carbonyl (C=O) groups is 4. The van der Waals surface area contributed by atoms with Gasteiger partial charge < -0.3 is 25.5 Å². The molecule has 0 atom stereocenters. The number of esters is 2. The Labute approximate surface area is 161 Å². The van der Waals surface area contributed by atoms with Crippen LogP contribution in [0.25, 0.3) is 0 Å². The fourth-order valence-electron chi connectivity index (χ4n) is 2.66. The lowest BCUT2D eigenvalue weighted by atomic mass is 10.1. The van der Waals surface area contributed by atoms with Crippen LogP contribution >= 0.6 is 0 Å². The molecule has 148 valence electrons. The lowest BCUT2D eigenvalue weighted by molar-refractivity contribution is -0.119. The summed E-state index contributed by atoms with van der Waals surface area (Å²) in [6.07, 6.45) is 0. The number of carbonyl (C=O) groups excluding carboxylic acids is 4. The molecule has 2 rings (SSSR count). The number of aromatic amines is 1. The first-order chi connectivity index (χ1) is 13.3. The second kappa shape index (κ2) is 8.85. The summed E-state index contributed by atoms with van der Waals surface area (Å²) in [6, 6.07) is 6.19. The van der Waals surface area contributed by atoms with E-state index >= 15 is 0 Å². The molecule has 0 fully saturated rings. The molecule has 0 bridgehead atoms. The average Bonchev–Trinajstić information content (AvgIpc) is 2.94. The predicted octanol–water partition coefficient (Wildman–Crippen LogP) is 1.70. The van der Waals surface area contributed by atoms with E-state index in [0.29, 0.717) is 11.3 Å². The molecule has 1 heterocycles. The van der Waals surface area contributed by atoms with Gasteiger partial charge in [-0.25, -0.2) is 9.59 Å². The van der Waals surface area contributed by atoms with Gasteiger partial charge in [-0.2, -0.15) is 0 Å². The van der Waals surface area contributed by atoms with Gasteiger partial charge in [-0.15, -0.1) is 0 Å². The number of hydrogen-bond acceptors (Lipinski definition) is 6. The number of ether oxygens (including phenoxy) is 2. The maximum atomic E-state index is 12.3. The van der Waals surface area contributed by atoms with Crippen molar-refractivity contribution < 1.29 is 28.7 Å². The number of primary amides is 1. The van der Waals surface area contributed by atoms with Gasteiger partial charge in [0.25, 0.3) is 11.8 Å². The Bertz CT molecular complexity index is 932. The maximum Gasteiger partial charge on any atom is 0.355 e. The third-order valence-corrected chi connectivity index (χ3v) is 3.92. The molecule has 2 amide bonds. The first-order valence-electron chi connectivity index (χ1n) is 8.48. The number of aromatic nitrogens is 1. The molecule has 0 saturated heterocycles.